The summed E-state index contributed by atoms with van der Waals surface area (Å²) in [5.74, 6) is 0. The van der Waals surface area contributed by atoms with Crippen molar-refractivity contribution in [2.75, 3.05) is 45.9 Å². The van der Waals surface area contributed by atoms with Crippen LogP contribution in [-0.4, -0.2) is 50.8 Å². The Bertz CT molecular complexity index is 297. The maximum absolute atomic E-state index is 5.33. The molecule has 0 aliphatic carbocycles. The van der Waals surface area contributed by atoms with E-state index in [4.69, 9.17) is 4.74 Å². The van der Waals surface area contributed by atoms with E-state index in [1.807, 2.05) is 11.3 Å². The van der Waals surface area contributed by atoms with Gasteiger partial charge in [0, 0.05) is 31.1 Å². The summed E-state index contributed by atoms with van der Waals surface area (Å²) in [6.07, 6.45) is 3.81. The number of hydrogen-bond donors (Lipinski definition) is 1. The Morgan fingerprint density at radius 3 is 2.89 bits per heavy atom. The van der Waals surface area contributed by atoms with Crippen LogP contribution in [0.1, 0.15) is 17.7 Å². The number of rotatable bonds is 8. The fourth-order valence-electron chi connectivity index (χ4n) is 2.19. The number of thiophene rings is 1. The zero-order valence-electron chi connectivity index (χ0n) is 11.1. The van der Waals surface area contributed by atoms with Crippen molar-refractivity contribution in [2.45, 2.75) is 19.3 Å². The Kier molecular flexibility index (Phi) is 6.72. The lowest BCUT2D eigenvalue weighted by molar-refractivity contribution is 0.0384. The highest BCUT2D eigenvalue weighted by molar-refractivity contribution is 7.09. The molecule has 1 N–H and O–H groups in total. The summed E-state index contributed by atoms with van der Waals surface area (Å²) >= 11 is 1.87. The molecule has 1 fully saturated rings. The smallest absolute Gasteiger partial charge is 0.0594 e. The molecule has 1 aromatic heterocycles. The second kappa shape index (κ2) is 8.64. The van der Waals surface area contributed by atoms with E-state index < -0.39 is 0 Å². The monoisotopic (exact) mass is 268 g/mol. The van der Waals surface area contributed by atoms with E-state index >= 15 is 0 Å². The number of nitrogens with zero attached hydrogens (tertiary/aromatic N) is 1. The largest absolute Gasteiger partial charge is 0.379 e. The van der Waals surface area contributed by atoms with E-state index in [2.05, 4.69) is 27.7 Å². The molecule has 1 saturated heterocycles. The first kappa shape index (κ1) is 14.0. The van der Waals surface area contributed by atoms with Crippen molar-refractivity contribution in [3.8, 4) is 0 Å². The molecule has 2 rings (SSSR count). The zero-order valence-corrected chi connectivity index (χ0v) is 11.9. The van der Waals surface area contributed by atoms with Crippen LogP contribution in [0.4, 0.5) is 0 Å². The maximum atomic E-state index is 5.33. The molecule has 3 nitrogen and oxygen atoms in total. The molecule has 0 bridgehead atoms. The number of ether oxygens (including phenoxy) is 1. The van der Waals surface area contributed by atoms with Crippen molar-refractivity contribution in [3.63, 3.8) is 0 Å². The number of aryl methyl sites for hydroxylation is 1. The van der Waals surface area contributed by atoms with E-state index in [0.29, 0.717) is 0 Å². The Balaban J connectivity index is 1.39. The molecule has 0 spiro atoms. The Labute approximate surface area is 114 Å². The summed E-state index contributed by atoms with van der Waals surface area (Å²) in [5.41, 5.74) is 0. The Hall–Kier alpha value is -0.420. The van der Waals surface area contributed by atoms with Gasteiger partial charge in [-0.3, -0.25) is 4.90 Å². The van der Waals surface area contributed by atoms with Gasteiger partial charge in [0.15, 0.2) is 0 Å². The van der Waals surface area contributed by atoms with Gasteiger partial charge in [-0.15, -0.1) is 11.3 Å². The number of unbranched alkanes of at least 4 members (excludes halogenated alkanes) is 1. The van der Waals surface area contributed by atoms with Gasteiger partial charge in [0.1, 0.15) is 0 Å². The van der Waals surface area contributed by atoms with Gasteiger partial charge >= 0.3 is 0 Å². The minimum absolute atomic E-state index is 0.904. The predicted molar refractivity (Wildman–Crippen MR) is 77.4 cm³/mol. The van der Waals surface area contributed by atoms with Crippen LogP contribution in [0.25, 0.3) is 0 Å². The van der Waals surface area contributed by atoms with E-state index in [0.717, 1.165) is 45.9 Å². The molecule has 2 heterocycles. The molecule has 4 heteroatoms. The molecule has 0 unspecified atom stereocenters. The molecule has 0 saturated carbocycles. The first-order chi connectivity index (χ1) is 8.95. The van der Waals surface area contributed by atoms with Crippen molar-refractivity contribution >= 4 is 11.3 Å². The second-order valence-corrected chi connectivity index (χ2v) is 5.77. The molecule has 1 aliphatic heterocycles. The van der Waals surface area contributed by atoms with Gasteiger partial charge in [-0.25, -0.2) is 0 Å². The molecule has 1 aliphatic rings. The van der Waals surface area contributed by atoms with Gasteiger partial charge in [0.05, 0.1) is 13.2 Å². The summed E-state index contributed by atoms with van der Waals surface area (Å²) in [7, 11) is 0. The lowest BCUT2D eigenvalue weighted by Gasteiger charge is -2.26. The van der Waals surface area contributed by atoms with Crippen LogP contribution in [0.5, 0.6) is 0 Å². The van der Waals surface area contributed by atoms with Gasteiger partial charge in [-0.05, 0) is 37.3 Å². The highest BCUT2D eigenvalue weighted by atomic mass is 32.1. The first-order valence-electron chi connectivity index (χ1n) is 6.98. The van der Waals surface area contributed by atoms with Crippen LogP contribution in [0.2, 0.25) is 0 Å². The highest BCUT2D eigenvalue weighted by Gasteiger charge is 2.08. The minimum atomic E-state index is 0.904. The van der Waals surface area contributed by atoms with Crippen LogP contribution in [0.3, 0.4) is 0 Å². The van der Waals surface area contributed by atoms with E-state index in [1.54, 1.807) is 0 Å². The molecular weight excluding hydrogens is 244 g/mol. The molecule has 102 valence electrons. The van der Waals surface area contributed by atoms with Gasteiger partial charge in [0.2, 0.25) is 0 Å². The van der Waals surface area contributed by atoms with Gasteiger partial charge < -0.3 is 10.1 Å². The Morgan fingerprint density at radius 1 is 1.22 bits per heavy atom. The van der Waals surface area contributed by atoms with Gasteiger partial charge in [0.25, 0.3) is 0 Å². The predicted octanol–water partition coefficient (Wildman–Crippen LogP) is 1.99. The van der Waals surface area contributed by atoms with Gasteiger partial charge in [-0.2, -0.15) is 0 Å². The molecule has 0 aromatic carbocycles. The summed E-state index contributed by atoms with van der Waals surface area (Å²) in [6.45, 7) is 7.42. The third-order valence-corrected chi connectivity index (χ3v) is 4.25. The number of nitrogens with one attached hydrogen (secondary N) is 1. The zero-order chi connectivity index (χ0) is 12.5. The van der Waals surface area contributed by atoms with Gasteiger partial charge in [-0.1, -0.05) is 6.07 Å². The fraction of sp³-hybridized carbons (Fsp3) is 0.714. The van der Waals surface area contributed by atoms with Crippen LogP contribution in [0, 0.1) is 0 Å². The standard InChI is InChI=1S/C14H24N2OS/c1(4-14-5-3-13-18-14)2-6-15-7-8-16-9-11-17-12-10-16/h3,5,13,15H,1-2,4,6-12H2. The molecule has 0 radical (unpaired) electrons. The lowest BCUT2D eigenvalue weighted by Crippen LogP contribution is -2.40. The van der Waals surface area contributed by atoms with Crippen LogP contribution in [-0.2, 0) is 11.2 Å². The van der Waals surface area contributed by atoms with E-state index in [9.17, 15) is 0 Å². The summed E-state index contributed by atoms with van der Waals surface area (Å²) in [4.78, 5) is 3.99. The minimum Gasteiger partial charge on any atom is -0.379 e. The van der Waals surface area contributed by atoms with Crippen LogP contribution >= 0.6 is 11.3 Å². The summed E-state index contributed by atoms with van der Waals surface area (Å²) in [6, 6.07) is 4.37. The molecule has 0 atom stereocenters. The third-order valence-electron chi connectivity index (χ3n) is 3.32. The highest BCUT2D eigenvalue weighted by Crippen LogP contribution is 2.11. The van der Waals surface area contributed by atoms with Crippen molar-refractivity contribution < 1.29 is 4.74 Å². The van der Waals surface area contributed by atoms with Crippen LogP contribution < -0.4 is 5.32 Å². The summed E-state index contributed by atoms with van der Waals surface area (Å²) in [5, 5.41) is 5.70. The number of morpholine rings is 1. The lowest BCUT2D eigenvalue weighted by atomic mass is 10.2. The average molecular weight is 268 g/mol. The van der Waals surface area contributed by atoms with E-state index in [-0.39, 0.29) is 0 Å². The summed E-state index contributed by atoms with van der Waals surface area (Å²) < 4.78 is 5.33. The number of hydrogen-bond acceptors (Lipinski definition) is 4. The average Bonchev–Trinajstić information content (AvgIpc) is 2.92. The molecule has 0 amide bonds. The maximum Gasteiger partial charge on any atom is 0.0594 e. The Morgan fingerprint density at radius 2 is 2.11 bits per heavy atom. The quantitative estimate of drug-likeness (QED) is 0.730. The SMILES string of the molecule is c1csc(CCCCNCCN2CCOCC2)c1. The second-order valence-electron chi connectivity index (χ2n) is 4.74. The molecule has 1 aromatic rings. The van der Waals surface area contributed by atoms with Crippen LogP contribution in [0.15, 0.2) is 17.5 Å². The third kappa shape index (κ3) is 5.48. The fourth-order valence-corrected chi connectivity index (χ4v) is 2.94. The van der Waals surface area contributed by atoms with Crippen molar-refractivity contribution in [2.24, 2.45) is 0 Å². The topological polar surface area (TPSA) is 24.5 Å². The van der Waals surface area contributed by atoms with Crippen molar-refractivity contribution in [1.82, 2.24) is 10.2 Å². The first-order valence-corrected chi connectivity index (χ1v) is 7.86. The van der Waals surface area contributed by atoms with E-state index in [1.165, 1.54) is 24.1 Å². The molecular formula is C14H24N2OS. The van der Waals surface area contributed by atoms with Crippen molar-refractivity contribution in [3.05, 3.63) is 22.4 Å². The van der Waals surface area contributed by atoms with Crippen molar-refractivity contribution in [1.29, 1.82) is 0 Å². The molecule has 18 heavy (non-hydrogen) atoms. The normalized spacial score (nSPS) is 17.1.